The number of carbonyl (C=O) groups is 3. The molecule has 3 N–H and O–H groups in total. The quantitative estimate of drug-likeness (QED) is 0.214. The van der Waals surface area contributed by atoms with Gasteiger partial charge in [0.15, 0.2) is 11.0 Å². The lowest BCUT2D eigenvalue weighted by atomic mass is 9.87. The van der Waals surface area contributed by atoms with Gasteiger partial charge in [0.25, 0.3) is 5.91 Å². The minimum absolute atomic E-state index is 0.00333. The van der Waals surface area contributed by atoms with Crippen molar-refractivity contribution < 1.29 is 19.1 Å². The fraction of sp³-hybridized carbons (Fsp3) is 0.346. The number of anilines is 1. The second-order valence-electron chi connectivity index (χ2n) is 9.21. The van der Waals surface area contributed by atoms with Gasteiger partial charge in [0, 0.05) is 12.1 Å². The van der Waals surface area contributed by atoms with E-state index in [1.807, 2.05) is 16.7 Å². The molecule has 0 saturated heterocycles. The number of ether oxygens (including phenoxy) is 1. The largest absolute Gasteiger partial charge is 0.462 e. The Morgan fingerprint density at radius 1 is 1.22 bits per heavy atom. The van der Waals surface area contributed by atoms with Gasteiger partial charge < -0.3 is 15.8 Å². The zero-order chi connectivity index (χ0) is 27.3. The maximum absolute atomic E-state index is 12.8. The smallest absolute Gasteiger partial charge is 0.341 e. The number of allylic oxidation sites excluding steroid dienone is 1. The monoisotopic (exact) mass is 541 g/mol. The summed E-state index contributed by atoms with van der Waals surface area (Å²) in [5.41, 5.74) is 8.11. The molecule has 2 amide bonds. The molecular weight excluding hydrogens is 510 g/mol. The number of aromatic nitrogens is 3. The number of nitrogens with one attached hydrogen (secondary N) is 1. The Labute approximate surface area is 224 Å². The lowest BCUT2D eigenvalue weighted by Gasteiger charge is -2.19. The van der Waals surface area contributed by atoms with Crippen molar-refractivity contribution >= 4 is 45.9 Å². The molecule has 11 heteroatoms. The van der Waals surface area contributed by atoms with Crippen molar-refractivity contribution in [1.82, 2.24) is 14.8 Å². The Morgan fingerprint density at radius 3 is 2.46 bits per heavy atom. The van der Waals surface area contributed by atoms with Crippen LogP contribution in [0.25, 0.3) is 11.4 Å². The summed E-state index contributed by atoms with van der Waals surface area (Å²) in [6.07, 6.45) is 1.74. The molecule has 0 saturated carbocycles. The molecule has 196 valence electrons. The minimum atomic E-state index is -0.677. The number of hydrogen-bond acceptors (Lipinski definition) is 8. The van der Waals surface area contributed by atoms with Gasteiger partial charge in [-0.05, 0) is 30.4 Å². The molecule has 0 fully saturated rings. The number of nitrogens with zero attached hydrogens (tertiary/aromatic N) is 3. The van der Waals surface area contributed by atoms with Crippen molar-refractivity contribution in [3.8, 4) is 11.4 Å². The van der Waals surface area contributed by atoms with E-state index in [-0.39, 0.29) is 39.1 Å². The molecule has 0 unspecified atom stereocenters. The SMILES string of the molecule is C=CCn1c(SCC(=O)Nc2sc(C(N)=O)c(C)c2C(=O)OCC)nnc1-c1ccc(C(C)(C)C)cc1. The summed E-state index contributed by atoms with van der Waals surface area (Å²) in [7, 11) is 0. The molecule has 9 nitrogen and oxygen atoms in total. The van der Waals surface area contributed by atoms with Crippen LogP contribution in [0.1, 0.15) is 58.9 Å². The number of rotatable bonds is 10. The first-order valence-corrected chi connectivity index (χ1v) is 13.5. The molecule has 0 radical (unpaired) electrons. The van der Waals surface area contributed by atoms with E-state index >= 15 is 0 Å². The second kappa shape index (κ2) is 11.7. The van der Waals surface area contributed by atoms with Crippen LogP contribution in [0.5, 0.6) is 0 Å². The number of esters is 1. The first kappa shape index (κ1) is 28.1. The highest BCUT2D eigenvalue weighted by Crippen LogP contribution is 2.34. The third-order valence-corrected chi connectivity index (χ3v) is 7.66. The summed E-state index contributed by atoms with van der Waals surface area (Å²) < 4.78 is 6.99. The number of thiophene rings is 1. The number of hydrogen-bond donors (Lipinski definition) is 2. The number of nitrogens with two attached hydrogens (primary N) is 1. The van der Waals surface area contributed by atoms with Gasteiger partial charge in [0.1, 0.15) is 5.00 Å². The molecule has 0 atom stereocenters. The minimum Gasteiger partial charge on any atom is -0.462 e. The Morgan fingerprint density at radius 2 is 1.89 bits per heavy atom. The summed E-state index contributed by atoms with van der Waals surface area (Å²) in [5.74, 6) is -1.00. The van der Waals surface area contributed by atoms with E-state index in [9.17, 15) is 14.4 Å². The average molecular weight is 542 g/mol. The Balaban J connectivity index is 1.79. The van der Waals surface area contributed by atoms with Crippen molar-refractivity contribution in [1.29, 1.82) is 0 Å². The zero-order valence-electron chi connectivity index (χ0n) is 21.6. The van der Waals surface area contributed by atoms with Gasteiger partial charge in [-0.15, -0.1) is 28.1 Å². The Kier molecular flexibility index (Phi) is 8.93. The van der Waals surface area contributed by atoms with Gasteiger partial charge >= 0.3 is 5.97 Å². The first-order valence-electron chi connectivity index (χ1n) is 11.7. The van der Waals surface area contributed by atoms with E-state index in [1.165, 1.54) is 17.3 Å². The third-order valence-electron chi connectivity index (χ3n) is 5.47. The number of thioether (sulfide) groups is 1. The van der Waals surface area contributed by atoms with Crippen LogP contribution in [-0.2, 0) is 21.5 Å². The number of carbonyl (C=O) groups excluding carboxylic acids is 3. The van der Waals surface area contributed by atoms with Crippen molar-refractivity contribution in [2.75, 3.05) is 17.7 Å². The summed E-state index contributed by atoms with van der Waals surface area (Å²) >= 11 is 2.16. The van der Waals surface area contributed by atoms with Crippen LogP contribution in [0.15, 0.2) is 42.1 Å². The standard InChI is InChI=1S/C26H31N5O4S2/c1-7-13-31-22(16-9-11-17(12-10-16)26(4,5)6)29-30-25(31)36-14-18(32)28-23-19(24(34)35-8-2)15(3)20(37-23)21(27)33/h7,9-12H,1,8,13-14H2,2-6H3,(H2,27,33)(H,28,32). The van der Waals surface area contributed by atoms with E-state index in [2.05, 4.69) is 55.0 Å². The van der Waals surface area contributed by atoms with E-state index in [1.54, 1.807) is 19.9 Å². The molecule has 2 aromatic heterocycles. The summed E-state index contributed by atoms with van der Waals surface area (Å²) in [5, 5.41) is 12.1. The zero-order valence-corrected chi connectivity index (χ0v) is 23.2. The maximum Gasteiger partial charge on any atom is 0.341 e. The van der Waals surface area contributed by atoms with E-state index in [0.29, 0.717) is 23.1 Å². The molecule has 0 spiro atoms. The predicted octanol–water partition coefficient (Wildman–Crippen LogP) is 4.80. The number of amides is 2. The van der Waals surface area contributed by atoms with Gasteiger partial charge in [0.05, 0.1) is 22.8 Å². The molecule has 3 aromatic rings. The van der Waals surface area contributed by atoms with Crippen LogP contribution < -0.4 is 11.1 Å². The summed E-state index contributed by atoms with van der Waals surface area (Å²) in [6.45, 7) is 14.2. The van der Waals surface area contributed by atoms with Gasteiger partial charge in [-0.2, -0.15) is 0 Å². The maximum atomic E-state index is 12.8. The fourth-order valence-electron chi connectivity index (χ4n) is 3.60. The van der Waals surface area contributed by atoms with E-state index in [0.717, 1.165) is 16.9 Å². The molecule has 2 heterocycles. The first-order chi connectivity index (χ1) is 17.5. The van der Waals surface area contributed by atoms with Gasteiger partial charge in [0.2, 0.25) is 5.91 Å². The highest BCUT2D eigenvalue weighted by molar-refractivity contribution is 7.99. The fourth-order valence-corrected chi connectivity index (χ4v) is 5.41. The second-order valence-corrected chi connectivity index (χ2v) is 11.2. The molecule has 37 heavy (non-hydrogen) atoms. The molecule has 0 bridgehead atoms. The van der Waals surface area contributed by atoms with Crippen molar-refractivity contribution in [3.05, 3.63) is 58.5 Å². The van der Waals surface area contributed by atoms with Gasteiger partial charge in [-0.1, -0.05) is 62.9 Å². The van der Waals surface area contributed by atoms with Crippen LogP contribution in [0, 0.1) is 6.92 Å². The topological polar surface area (TPSA) is 129 Å². The summed E-state index contributed by atoms with van der Waals surface area (Å²) in [6, 6.07) is 8.18. The van der Waals surface area contributed by atoms with Crippen molar-refractivity contribution in [2.24, 2.45) is 5.73 Å². The highest BCUT2D eigenvalue weighted by Gasteiger charge is 2.26. The highest BCUT2D eigenvalue weighted by atomic mass is 32.2. The molecule has 0 aliphatic heterocycles. The van der Waals surface area contributed by atoms with Crippen molar-refractivity contribution in [3.63, 3.8) is 0 Å². The molecular formula is C26H31N5O4S2. The molecule has 3 rings (SSSR count). The Hall–Kier alpha value is -3.44. The van der Waals surface area contributed by atoms with Crippen LogP contribution in [0.4, 0.5) is 5.00 Å². The third kappa shape index (κ3) is 6.47. The predicted molar refractivity (Wildman–Crippen MR) is 147 cm³/mol. The van der Waals surface area contributed by atoms with Crippen molar-refractivity contribution in [2.45, 2.75) is 51.7 Å². The van der Waals surface area contributed by atoms with Crippen LogP contribution in [0.2, 0.25) is 0 Å². The van der Waals surface area contributed by atoms with Gasteiger partial charge in [-0.25, -0.2) is 4.79 Å². The average Bonchev–Trinajstić information content (AvgIpc) is 3.38. The number of primary amides is 1. The number of benzene rings is 1. The Bertz CT molecular complexity index is 1320. The van der Waals surface area contributed by atoms with E-state index < -0.39 is 11.9 Å². The molecule has 1 aromatic carbocycles. The van der Waals surface area contributed by atoms with Crippen LogP contribution in [0.3, 0.4) is 0 Å². The molecule has 0 aliphatic carbocycles. The molecule has 0 aliphatic rings. The normalized spacial score (nSPS) is 11.3. The lowest BCUT2D eigenvalue weighted by Crippen LogP contribution is -2.17. The lowest BCUT2D eigenvalue weighted by molar-refractivity contribution is -0.113. The van der Waals surface area contributed by atoms with Gasteiger partial charge in [-0.3, -0.25) is 14.2 Å². The van der Waals surface area contributed by atoms with E-state index in [4.69, 9.17) is 10.5 Å². The summed E-state index contributed by atoms with van der Waals surface area (Å²) in [4.78, 5) is 37.3. The van der Waals surface area contributed by atoms with Crippen LogP contribution in [-0.4, -0.2) is 44.9 Å². The van der Waals surface area contributed by atoms with Crippen LogP contribution >= 0.6 is 23.1 Å².